The molecule has 0 bridgehead atoms. The highest BCUT2D eigenvalue weighted by molar-refractivity contribution is 5.48. The first-order chi connectivity index (χ1) is 11.7. The van der Waals surface area contributed by atoms with Crippen molar-refractivity contribution in [2.75, 3.05) is 24.6 Å². The van der Waals surface area contributed by atoms with Crippen molar-refractivity contribution in [1.29, 1.82) is 0 Å². The number of halogens is 1. The van der Waals surface area contributed by atoms with E-state index in [0.717, 1.165) is 38.0 Å². The van der Waals surface area contributed by atoms with Crippen LogP contribution in [0.25, 0.3) is 0 Å². The lowest BCUT2D eigenvalue weighted by atomic mass is 9.97. The molecule has 1 heterocycles. The number of benzene rings is 2. The molecule has 0 radical (unpaired) electrons. The third-order valence-electron chi connectivity index (χ3n) is 4.72. The van der Waals surface area contributed by atoms with Crippen LogP contribution in [0.4, 0.5) is 10.1 Å². The van der Waals surface area contributed by atoms with Crippen LogP contribution in [0.1, 0.15) is 24.0 Å². The standard InChI is InChI=1S/C20H25FN2O/c21-19-3-1-2-18(12-19)14-22-13-16-4-6-20(7-5-16)23-10-8-17(15-24)9-11-23/h1-7,12,17,22,24H,8-11,13-15H2. The Bertz CT molecular complexity index is 636. The summed E-state index contributed by atoms with van der Waals surface area (Å²) in [6, 6.07) is 15.3. The summed E-state index contributed by atoms with van der Waals surface area (Å²) in [5.41, 5.74) is 3.43. The Balaban J connectivity index is 1.48. The predicted octanol–water partition coefficient (Wildman–Crippen LogP) is 3.32. The molecule has 24 heavy (non-hydrogen) atoms. The van der Waals surface area contributed by atoms with E-state index in [1.165, 1.54) is 17.3 Å². The van der Waals surface area contributed by atoms with E-state index < -0.39 is 0 Å². The van der Waals surface area contributed by atoms with Crippen LogP contribution in [-0.4, -0.2) is 24.8 Å². The number of aliphatic hydroxyl groups excluding tert-OH is 1. The van der Waals surface area contributed by atoms with Crippen molar-refractivity contribution >= 4 is 5.69 Å². The van der Waals surface area contributed by atoms with Gasteiger partial charge in [-0.15, -0.1) is 0 Å². The minimum absolute atomic E-state index is 0.191. The molecule has 3 nitrogen and oxygen atoms in total. The molecule has 0 unspecified atom stereocenters. The van der Waals surface area contributed by atoms with Gasteiger partial charge in [0, 0.05) is 38.5 Å². The van der Waals surface area contributed by atoms with Gasteiger partial charge < -0.3 is 15.3 Å². The van der Waals surface area contributed by atoms with E-state index in [2.05, 4.69) is 34.5 Å². The molecular formula is C20H25FN2O. The average Bonchev–Trinajstić information content (AvgIpc) is 2.63. The Hall–Kier alpha value is -1.91. The number of hydrogen-bond donors (Lipinski definition) is 2. The van der Waals surface area contributed by atoms with Gasteiger partial charge in [0.2, 0.25) is 0 Å². The molecule has 0 aliphatic carbocycles. The van der Waals surface area contributed by atoms with Gasteiger partial charge in [-0.2, -0.15) is 0 Å². The van der Waals surface area contributed by atoms with Crippen molar-refractivity contribution in [2.45, 2.75) is 25.9 Å². The van der Waals surface area contributed by atoms with Crippen LogP contribution in [0.15, 0.2) is 48.5 Å². The second kappa shape index (κ2) is 8.27. The number of rotatable bonds is 6. The van der Waals surface area contributed by atoms with Crippen LogP contribution >= 0.6 is 0 Å². The molecule has 2 N–H and O–H groups in total. The minimum atomic E-state index is -0.191. The fourth-order valence-corrected chi connectivity index (χ4v) is 3.20. The Labute approximate surface area is 143 Å². The Morgan fingerprint density at radius 2 is 1.71 bits per heavy atom. The van der Waals surface area contributed by atoms with Crippen LogP contribution in [0.3, 0.4) is 0 Å². The van der Waals surface area contributed by atoms with Gasteiger partial charge in [-0.05, 0) is 54.2 Å². The number of anilines is 1. The molecule has 4 heteroatoms. The molecule has 0 atom stereocenters. The van der Waals surface area contributed by atoms with E-state index in [4.69, 9.17) is 0 Å². The molecule has 2 aromatic rings. The summed E-state index contributed by atoms with van der Waals surface area (Å²) in [5, 5.41) is 12.6. The van der Waals surface area contributed by atoms with Crippen LogP contribution in [-0.2, 0) is 13.1 Å². The minimum Gasteiger partial charge on any atom is -0.396 e. The predicted molar refractivity (Wildman–Crippen MR) is 95.4 cm³/mol. The summed E-state index contributed by atoms with van der Waals surface area (Å²) in [6.45, 7) is 3.77. The number of aliphatic hydroxyl groups is 1. The molecule has 0 aromatic heterocycles. The number of hydrogen-bond acceptors (Lipinski definition) is 3. The summed E-state index contributed by atoms with van der Waals surface area (Å²) in [6.07, 6.45) is 2.13. The quantitative estimate of drug-likeness (QED) is 0.854. The van der Waals surface area contributed by atoms with E-state index in [-0.39, 0.29) is 5.82 Å². The highest BCUT2D eigenvalue weighted by atomic mass is 19.1. The first kappa shape index (κ1) is 16.9. The second-order valence-electron chi connectivity index (χ2n) is 6.51. The van der Waals surface area contributed by atoms with E-state index in [9.17, 15) is 9.50 Å². The smallest absolute Gasteiger partial charge is 0.123 e. The van der Waals surface area contributed by atoms with Crippen LogP contribution in [0.5, 0.6) is 0 Å². The van der Waals surface area contributed by atoms with Crippen molar-refractivity contribution in [3.05, 3.63) is 65.5 Å². The maximum absolute atomic E-state index is 13.1. The number of piperidine rings is 1. The van der Waals surface area contributed by atoms with Crippen molar-refractivity contribution in [1.82, 2.24) is 5.32 Å². The maximum atomic E-state index is 13.1. The van der Waals surface area contributed by atoms with Crippen molar-refractivity contribution in [2.24, 2.45) is 5.92 Å². The first-order valence-electron chi connectivity index (χ1n) is 8.64. The van der Waals surface area contributed by atoms with Crippen LogP contribution in [0.2, 0.25) is 0 Å². The largest absolute Gasteiger partial charge is 0.396 e. The Morgan fingerprint density at radius 1 is 1.00 bits per heavy atom. The van der Waals surface area contributed by atoms with Crippen molar-refractivity contribution < 1.29 is 9.50 Å². The lowest BCUT2D eigenvalue weighted by Gasteiger charge is -2.33. The monoisotopic (exact) mass is 328 g/mol. The van der Waals surface area contributed by atoms with Gasteiger partial charge in [0.25, 0.3) is 0 Å². The molecule has 0 amide bonds. The Morgan fingerprint density at radius 3 is 2.38 bits per heavy atom. The van der Waals surface area contributed by atoms with Gasteiger partial charge in [-0.25, -0.2) is 4.39 Å². The zero-order valence-corrected chi connectivity index (χ0v) is 13.9. The molecule has 1 aliphatic rings. The number of nitrogens with zero attached hydrogens (tertiary/aromatic N) is 1. The third kappa shape index (κ3) is 4.56. The maximum Gasteiger partial charge on any atom is 0.123 e. The SMILES string of the molecule is OCC1CCN(c2ccc(CNCc3cccc(F)c3)cc2)CC1. The second-order valence-corrected chi connectivity index (χ2v) is 6.51. The molecule has 1 saturated heterocycles. The van der Waals surface area contributed by atoms with Gasteiger partial charge in [0.1, 0.15) is 5.82 Å². The molecule has 0 saturated carbocycles. The molecular weight excluding hydrogens is 303 g/mol. The molecule has 2 aromatic carbocycles. The summed E-state index contributed by atoms with van der Waals surface area (Å²) in [7, 11) is 0. The molecule has 3 rings (SSSR count). The van der Waals surface area contributed by atoms with Gasteiger partial charge in [-0.3, -0.25) is 0 Å². The van der Waals surface area contributed by atoms with Gasteiger partial charge >= 0.3 is 0 Å². The summed E-state index contributed by atoms with van der Waals surface area (Å²) in [5.74, 6) is 0.274. The number of nitrogens with one attached hydrogen (secondary N) is 1. The highest BCUT2D eigenvalue weighted by Gasteiger charge is 2.18. The topological polar surface area (TPSA) is 35.5 Å². The van der Waals surface area contributed by atoms with Crippen molar-refractivity contribution in [3.8, 4) is 0 Å². The lowest BCUT2D eigenvalue weighted by Crippen LogP contribution is -2.34. The third-order valence-corrected chi connectivity index (χ3v) is 4.72. The van der Waals surface area contributed by atoms with Gasteiger partial charge in [0.05, 0.1) is 0 Å². The highest BCUT2D eigenvalue weighted by Crippen LogP contribution is 2.23. The lowest BCUT2D eigenvalue weighted by molar-refractivity contribution is 0.203. The van der Waals surface area contributed by atoms with Gasteiger partial charge in [0.15, 0.2) is 0 Å². The molecule has 128 valence electrons. The Kier molecular flexibility index (Phi) is 5.83. The van der Waals surface area contributed by atoms with Crippen molar-refractivity contribution in [3.63, 3.8) is 0 Å². The van der Waals surface area contributed by atoms with E-state index >= 15 is 0 Å². The summed E-state index contributed by atoms with van der Waals surface area (Å²) < 4.78 is 13.1. The summed E-state index contributed by atoms with van der Waals surface area (Å²) >= 11 is 0. The van der Waals surface area contributed by atoms with Crippen LogP contribution in [0, 0.1) is 11.7 Å². The van der Waals surface area contributed by atoms with E-state index in [1.54, 1.807) is 12.1 Å². The molecule has 1 aliphatic heterocycles. The zero-order chi connectivity index (χ0) is 16.8. The summed E-state index contributed by atoms with van der Waals surface area (Å²) in [4.78, 5) is 2.39. The molecule has 1 fully saturated rings. The molecule has 0 spiro atoms. The fourth-order valence-electron chi connectivity index (χ4n) is 3.20. The van der Waals surface area contributed by atoms with Gasteiger partial charge in [-0.1, -0.05) is 24.3 Å². The van der Waals surface area contributed by atoms with E-state index in [0.29, 0.717) is 19.1 Å². The normalized spacial score (nSPS) is 15.7. The zero-order valence-electron chi connectivity index (χ0n) is 13.9. The van der Waals surface area contributed by atoms with E-state index in [1.807, 2.05) is 6.07 Å². The van der Waals surface area contributed by atoms with Crippen LogP contribution < -0.4 is 10.2 Å². The average molecular weight is 328 g/mol. The fraction of sp³-hybridized carbons (Fsp3) is 0.400. The first-order valence-corrected chi connectivity index (χ1v) is 8.64.